The lowest BCUT2D eigenvalue weighted by molar-refractivity contribution is -0.0385. The van der Waals surface area contributed by atoms with Gasteiger partial charge in [-0.1, -0.05) is 61.4 Å². The molecule has 1 amide bonds. The van der Waals surface area contributed by atoms with E-state index in [9.17, 15) is 27.0 Å². The highest BCUT2D eigenvalue weighted by molar-refractivity contribution is 7.99. The number of benzene rings is 4. The summed E-state index contributed by atoms with van der Waals surface area (Å²) in [6.07, 6.45) is 3.30. The molecule has 3 aliphatic rings. The number of rotatable bonds is 24. The normalized spacial score (nSPS) is 18.1. The van der Waals surface area contributed by atoms with Crippen molar-refractivity contribution >= 4 is 83.5 Å². The second kappa shape index (κ2) is 28.8. The average molecular weight is 1150 g/mol. The van der Waals surface area contributed by atoms with E-state index < -0.39 is 41.6 Å². The number of nitrogens with zero attached hydrogens (tertiary/aromatic N) is 4. The Morgan fingerprint density at radius 2 is 1.54 bits per heavy atom. The maximum Gasteiger partial charge on any atom is 0.510 e. The fraction of sp³-hybridized carbons (Fsp3) is 0.491. The molecule has 13 nitrogen and oxygen atoms in total. The Hall–Kier alpha value is -3.88. The quantitative estimate of drug-likeness (QED) is 0.0227. The third kappa shape index (κ3) is 18.6. The molecule has 7 rings (SSSR count). The van der Waals surface area contributed by atoms with E-state index in [2.05, 4.69) is 55.6 Å². The SMILES string of the molecule is CCOP(CN1CCN(CCC(CSc2ccccc2)Nc2ccc(SNC(=O)c3ccc(N4CCN(CC5=C(c6ccc(Cl)cc6)CCC(C)(C)C5)CC4)cc3)cc2S(=O)C(F)(F)F)CC1)OCOC(=O)OC(C)C. The van der Waals surface area contributed by atoms with Gasteiger partial charge in [0, 0.05) is 103 Å². The Balaban J connectivity index is 0.930. The Kier molecular flexibility index (Phi) is 22.7. The summed E-state index contributed by atoms with van der Waals surface area (Å²) >= 11 is 8.69. The molecule has 0 saturated carbocycles. The number of ether oxygens (including phenoxy) is 2. The van der Waals surface area contributed by atoms with Gasteiger partial charge in [0.1, 0.15) is 0 Å². The molecule has 2 fully saturated rings. The van der Waals surface area contributed by atoms with Gasteiger partial charge in [-0.3, -0.25) is 23.8 Å². The molecule has 0 spiro atoms. The number of thioether (sulfide) groups is 1. The van der Waals surface area contributed by atoms with Crippen molar-refractivity contribution in [2.24, 2.45) is 5.41 Å². The van der Waals surface area contributed by atoms with Crippen molar-refractivity contribution in [1.82, 2.24) is 19.4 Å². The van der Waals surface area contributed by atoms with Crippen molar-refractivity contribution in [2.45, 2.75) is 92.6 Å². The van der Waals surface area contributed by atoms with Gasteiger partial charge in [-0.05, 0) is 142 Å². The highest BCUT2D eigenvalue weighted by Gasteiger charge is 2.40. The zero-order valence-corrected chi connectivity index (χ0v) is 48.1. The molecule has 2 saturated heterocycles. The molecule has 2 aliphatic heterocycles. The Bertz CT molecular complexity index is 2560. The number of piperazine rings is 2. The molecule has 1 aliphatic carbocycles. The minimum atomic E-state index is -5.02. The number of halogens is 4. The first-order valence-corrected chi connectivity index (χ1v) is 30.5. The maximum atomic E-state index is 14.3. The van der Waals surface area contributed by atoms with Gasteiger partial charge in [0.25, 0.3) is 5.91 Å². The van der Waals surface area contributed by atoms with Crippen molar-refractivity contribution < 1.29 is 45.5 Å². The molecule has 76 heavy (non-hydrogen) atoms. The Morgan fingerprint density at radius 1 is 0.855 bits per heavy atom. The highest BCUT2D eigenvalue weighted by atomic mass is 35.5. The number of hydrogen-bond donors (Lipinski definition) is 2. The molecule has 414 valence electrons. The molecule has 4 aromatic rings. The summed E-state index contributed by atoms with van der Waals surface area (Å²) in [7, 11) is -4.70. The fourth-order valence-corrected chi connectivity index (χ4v) is 13.3. The lowest BCUT2D eigenvalue weighted by atomic mass is 9.73. The van der Waals surface area contributed by atoms with Crippen LogP contribution in [0.3, 0.4) is 0 Å². The molecule has 2 N–H and O–H groups in total. The lowest BCUT2D eigenvalue weighted by Gasteiger charge is -2.39. The standard InChI is InChI=1S/C55H71ClF3N6O7PS3/c1-6-70-73(71-39-69-53(67)72-40(2)3)38-64-28-26-62(27-29-64)25-23-45(37-74-47-10-8-7-9-11-47)60-50-21-20-48(34-51(50)76(68)55(57,58)59)75-61-52(66)42-14-18-46(19-15-42)65-32-30-63(31-33-65)36-43-35-54(4,5)24-22-49(43)41-12-16-44(56)17-13-41/h7-21,34,40,45,60H,6,22-33,35-39H2,1-5H3,(H,61,66). The van der Waals surface area contributed by atoms with E-state index in [0.717, 1.165) is 106 Å². The summed E-state index contributed by atoms with van der Waals surface area (Å²) < 4.78 is 80.4. The van der Waals surface area contributed by atoms with Crippen LogP contribution in [0.4, 0.5) is 29.3 Å². The molecule has 0 bridgehead atoms. The largest absolute Gasteiger partial charge is 0.510 e. The first-order valence-electron chi connectivity index (χ1n) is 25.8. The number of carbonyl (C=O) groups excluding carboxylic acids is 2. The molecular formula is C55H71ClF3N6O7PS3. The second-order valence-electron chi connectivity index (χ2n) is 20.1. The van der Waals surface area contributed by atoms with E-state index in [1.54, 1.807) is 43.8 Å². The summed E-state index contributed by atoms with van der Waals surface area (Å²) in [4.78, 5) is 35.5. The van der Waals surface area contributed by atoms with E-state index in [1.807, 2.05) is 61.5 Å². The molecule has 0 aromatic heterocycles. The molecule has 3 atom stereocenters. The number of nitrogens with one attached hydrogen (secondary N) is 2. The van der Waals surface area contributed by atoms with Gasteiger partial charge in [0.05, 0.1) is 29.6 Å². The maximum absolute atomic E-state index is 14.3. The number of allylic oxidation sites excluding steroid dienone is 1. The van der Waals surface area contributed by atoms with Crippen LogP contribution in [-0.4, -0.2) is 140 Å². The molecule has 4 aromatic carbocycles. The lowest BCUT2D eigenvalue weighted by Crippen LogP contribution is -2.47. The number of hydrogen-bond acceptors (Lipinski definition) is 14. The van der Waals surface area contributed by atoms with Crippen LogP contribution in [0, 0.1) is 5.41 Å². The van der Waals surface area contributed by atoms with E-state index >= 15 is 0 Å². The van der Waals surface area contributed by atoms with E-state index in [0.29, 0.717) is 42.1 Å². The van der Waals surface area contributed by atoms with Gasteiger partial charge in [0.2, 0.25) is 6.79 Å². The molecule has 2 heterocycles. The van der Waals surface area contributed by atoms with Crippen molar-refractivity contribution in [3.8, 4) is 0 Å². The van der Waals surface area contributed by atoms with Crippen LogP contribution in [0.1, 0.15) is 76.2 Å². The van der Waals surface area contributed by atoms with E-state index in [-0.39, 0.29) is 30.0 Å². The monoisotopic (exact) mass is 1150 g/mol. The minimum absolute atomic E-state index is 0.120. The van der Waals surface area contributed by atoms with Gasteiger partial charge in [-0.15, -0.1) is 11.8 Å². The smallest absolute Gasteiger partial charge is 0.432 e. The summed E-state index contributed by atoms with van der Waals surface area (Å²) in [5.41, 5.74) is 0.986. The first kappa shape index (κ1) is 59.8. The van der Waals surface area contributed by atoms with Crippen LogP contribution >= 0.6 is 43.7 Å². The number of carbonyl (C=O) groups is 2. The van der Waals surface area contributed by atoms with Crippen LogP contribution in [0.5, 0.6) is 0 Å². The molecule has 3 unspecified atom stereocenters. The van der Waals surface area contributed by atoms with Crippen LogP contribution in [0.15, 0.2) is 117 Å². The van der Waals surface area contributed by atoms with Crippen molar-refractivity contribution in [1.29, 1.82) is 0 Å². The Morgan fingerprint density at radius 3 is 2.21 bits per heavy atom. The summed E-state index contributed by atoms with van der Waals surface area (Å²) in [5, 5.41) is 4.09. The van der Waals surface area contributed by atoms with Crippen LogP contribution in [0.2, 0.25) is 5.02 Å². The second-order valence-corrected chi connectivity index (χ2v) is 25.4. The minimum Gasteiger partial charge on any atom is -0.432 e. The van der Waals surface area contributed by atoms with Crippen LogP contribution in [0.25, 0.3) is 5.57 Å². The summed E-state index contributed by atoms with van der Waals surface area (Å²) in [6, 6.07) is 29.5. The van der Waals surface area contributed by atoms with E-state index in [1.165, 1.54) is 28.8 Å². The van der Waals surface area contributed by atoms with Gasteiger partial charge in [-0.25, -0.2) is 9.00 Å². The summed E-state index contributed by atoms with van der Waals surface area (Å²) in [5.74, 6) is 0.135. The fourth-order valence-electron chi connectivity index (χ4n) is 9.36. The van der Waals surface area contributed by atoms with Gasteiger partial charge in [-0.2, -0.15) is 13.2 Å². The van der Waals surface area contributed by atoms with Crippen molar-refractivity contribution in [3.63, 3.8) is 0 Å². The topological polar surface area (TPSA) is 125 Å². The van der Waals surface area contributed by atoms with Crippen molar-refractivity contribution in [2.75, 3.05) is 101 Å². The predicted octanol–water partition coefficient (Wildman–Crippen LogP) is 12.6. The third-order valence-corrected chi connectivity index (χ3v) is 18.3. The number of alkyl halides is 3. The number of amides is 1. The molecule has 21 heteroatoms. The van der Waals surface area contributed by atoms with Gasteiger partial charge >= 0.3 is 11.7 Å². The summed E-state index contributed by atoms with van der Waals surface area (Å²) in [6.45, 7) is 18.3. The van der Waals surface area contributed by atoms with Gasteiger partial charge < -0.3 is 29.1 Å². The van der Waals surface area contributed by atoms with Crippen molar-refractivity contribution in [3.05, 3.63) is 119 Å². The zero-order valence-electron chi connectivity index (χ0n) is 44.0. The highest BCUT2D eigenvalue weighted by Crippen LogP contribution is 2.43. The van der Waals surface area contributed by atoms with Gasteiger partial charge in [0.15, 0.2) is 19.2 Å². The van der Waals surface area contributed by atoms with Crippen LogP contribution < -0.4 is 14.9 Å². The number of anilines is 2. The van der Waals surface area contributed by atoms with E-state index in [4.69, 9.17) is 30.1 Å². The molecular weight excluding hydrogens is 1080 g/mol. The zero-order chi connectivity index (χ0) is 54.2. The average Bonchev–Trinajstić information content (AvgIpc) is 3.39. The third-order valence-electron chi connectivity index (χ3n) is 13.4. The predicted molar refractivity (Wildman–Crippen MR) is 303 cm³/mol. The molecule has 0 radical (unpaired) electrons. The van der Waals surface area contributed by atoms with Crippen LogP contribution in [-0.2, 0) is 29.3 Å². The Labute approximate surface area is 463 Å². The first-order chi connectivity index (χ1) is 36.4.